The van der Waals surface area contributed by atoms with Crippen LogP contribution < -0.4 is 20.9 Å². The lowest BCUT2D eigenvalue weighted by atomic mass is 9.98. The van der Waals surface area contributed by atoms with Gasteiger partial charge in [0.05, 0.1) is 49.1 Å². The van der Waals surface area contributed by atoms with Crippen LogP contribution in [-0.2, 0) is 20.2 Å². The number of anilines is 5. The molecule has 0 spiro atoms. The van der Waals surface area contributed by atoms with Crippen molar-refractivity contribution in [3.63, 3.8) is 0 Å². The van der Waals surface area contributed by atoms with Crippen molar-refractivity contribution in [3.05, 3.63) is 72.3 Å². The summed E-state index contributed by atoms with van der Waals surface area (Å²) in [5, 5.41) is 41.8. The highest BCUT2D eigenvalue weighted by molar-refractivity contribution is 7.86. The van der Waals surface area contributed by atoms with Crippen molar-refractivity contribution in [3.8, 4) is 11.4 Å². The van der Waals surface area contributed by atoms with Crippen LogP contribution in [0.4, 0.5) is 28.4 Å². The van der Waals surface area contributed by atoms with Crippen LogP contribution in [0.5, 0.6) is 0 Å². The molecule has 17 nitrogen and oxygen atoms in total. The number of benzene rings is 3. The van der Waals surface area contributed by atoms with E-state index in [0.29, 0.717) is 5.69 Å². The highest BCUT2D eigenvalue weighted by Gasteiger charge is 2.32. The number of rotatable bonds is 17. The van der Waals surface area contributed by atoms with Gasteiger partial charge in [-0.25, -0.2) is 15.0 Å². The fourth-order valence-electron chi connectivity index (χ4n) is 5.34. The van der Waals surface area contributed by atoms with Crippen LogP contribution in [-0.4, -0.2) is 114 Å². The number of hydrogen-bond donors (Lipinski definition) is 8. The van der Waals surface area contributed by atoms with Gasteiger partial charge in [-0.05, 0) is 29.8 Å². The molecule has 0 radical (unpaired) electrons. The number of hydrogen-bond acceptors (Lipinski definition) is 15. The first kappa shape index (κ1) is 38.1. The van der Waals surface area contributed by atoms with Gasteiger partial charge in [0.1, 0.15) is 22.4 Å². The molecule has 9 N–H and O–H groups in total. The van der Waals surface area contributed by atoms with Crippen molar-refractivity contribution < 1.29 is 46.4 Å². The van der Waals surface area contributed by atoms with E-state index in [1.807, 2.05) is 0 Å². The molecule has 0 fully saturated rings. The maximum Gasteiger partial charge on any atom is 0.297 e. The third kappa shape index (κ3) is 8.89. The summed E-state index contributed by atoms with van der Waals surface area (Å²) in [6, 6.07) is 12.4. The number of nitrogens with zero attached hydrogens (tertiary/aromatic N) is 5. The second-order valence-electron chi connectivity index (χ2n) is 10.6. The first-order valence-electron chi connectivity index (χ1n) is 15.0. The SMILES string of the molecule is Nc1c(N(CCO)CCO)c(-c2ncncn2)c(Nc2ccccc2)c(C=Cc2ccc(N(CCO)CCO)cc2S(=O)(=O)O)c1S(=O)(=O)O. The van der Waals surface area contributed by atoms with Crippen molar-refractivity contribution in [1.82, 2.24) is 15.0 Å². The third-order valence-corrected chi connectivity index (χ3v) is 9.25. The smallest absolute Gasteiger partial charge is 0.297 e. The third-order valence-electron chi connectivity index (χ3n) is 7.38. The molecule has 0 aliphatic heterocycles. The molecule has 268 valence electrons. The summed E-state index contributed by atoms with van der Waals surface area (Å²) >= 11 is 0. The number of aromatic nitrogens is 3. The summed E-state index contributed by atoms with van der Waals surface area (Å²) in [5.41, 5.74) is 6.35. The molecule has 4 rings (SSSR count). The van der Waals surface area contributed by atoms with Crippen molar-refractivity contribution in [2.45, 2.75) is 9.79 Å². The summed E-state index contributed by atoms with van der Waals surface area (Å²) in [4.78, 5) is 13.9. The van der Waals surface area contributed by atoms with Gasteiger partial charge in [-0.2, -0.15) is 16.8 Å². The lowest BCUT2D eigenvalue weighted by molar-refractivity contribution is 0.280. The molecule has 4 aromatic rings. The van der Waals surface area contributed by atoms with Crippen molar-refractivity contribution in [1.29, 1.82) is 0 Å². The molecule has 50 heavy (non-hydrogen) atoms. The van der Waals surface area contributed by atoms with Crippen LogP contribution in [0.25, 0.3) is 23.5 Å². The van der Waals surface area contributed by atoms with Gasteiger partial charge in [0.15, 0.2) is 5.82 Å². The summed E-state index contributed by atoms with van der Waals surface area (Å²) in [7, 11) is -10.1. The van der Waals surface area contributed by atoms with Crippen LogP contribution in [0.1, 0.15) is 11.1 Å². The number of nitrogens with one attached hydrogen (secondary N) is 1. The molecule has 1 aromatic heterocycles. The predicted molar refractivity (Wildman–Crippen MR) is 187 cm³/mol. The summed E-state index contributed by atoms with van der Waals surface area (Å²) in [5.74, 6) is -0.0200. The Morgan fingerprint density at radius 2 is 1.34 bits per heavy atom. The van der Waals surface area contributed by atoms with Crippen LogP contribution in [0.2, 0.25) is 0 Å². The molecule has 1 heterocycles. The van der Waals surface area contributed by atoms with Crippen LogP contribution >= 0.6 is 0 Å². The first-order chi connectivity index (χ1) is 23.8. The average molecular weight is 732 g/mol. The summed E-state index contributed by atoms with van der Waals surface area (Å²) in [6.45, 7) is -1.70. The van der Waals surface area contributed by atoms with Crippen molar-refractivity contribution in [2.75, 3.05) is 73.5 Å². The zero-order valence-electron chi connectivity index (χ0n) is 26.5. The fraction of sp³-hybridized carbons (Fsp3) is 0.258. The highest BCUT2D eigenvalue weighted by Crippen LogP contribution is 2.48. The molecular weight excluding hydrogens is 695 g/mol. The molecular formula is C31H37N7O10S2. The first-order valence-corrected chi connectivity index (χ1v) is 17.9. The molecule has 3 aromatic carbocycles. The fourth-order valence-corrected chi connectivity index (χ4v) is 6.87. The molecule has 0 unspecified atom stereocenters. The van der Waals surface area contributed by atoms with E-state index in [2.05, 4.69) is 20.3 Å². The van der Waals surface area contributed by atoms with Crippen molar-refractivity contribution >= 4 is 60.8 Å². The van der Waals surface area contributed by atoms with Crippen LogP contribution in [0, 0.1) is 0 Å². The molecule has 0 saturated carbocycles. The normalized spacial score (nSPS) is 12.0. The lowest BCUT2D eigenvalue weighted by Crippen LogP contribution is -2.32. The standard InChI is InChI=1S/C31H37N7O10S2/c32-27-29(38(12-16-41)13-17-42)26(31-34-19-33-20-35-31)28(36-22-4-2-1-3-5-22)24(30(27)50(46,47)48)9-7-21-6-8-23(18-25(21)49(43,44)45)37(10-14-39)11-15-40/h1-9,18-20,36,39-42H,10-17,32H2,(H,43,44,45)(H,46,47,48). The van der Waals surface area contributed by atoms with Gasteiger partial charge in [0.25, 0.3) is 20.2 Å². The Morgan fingerprint density at radius 3 is 1.88 bits per heavy atom. The minimum absolute atomic E-state index is 0.0200. The molecule has 0 aliphatic rings. The average Bonchev–Trinajstić information content (AvgIpc) is 3.07. The molecule has 0 aliphatic carbocycles. The lowest BCUT2D eigenvalue weighted by Gasteiger charge is -2.30. The Bertz CT molecular complexity index is 2010. The summed E-state index contributed by atoms with van der Waals surface area (Å²) < 4.78 is 72.4. The van der Waals surface area contributed by atoms with Crippen molar-refractivity contribution in [2.24, 2.45) is 0 Å². The van der Waals surface area contributed by atoms with E-state index >= 15 is 0 Å². The van der Waals surface area contributed by atoms with E-state index in [-0.39, 0.29) is 79.0 Å². The number of aliphatic hydroxyl groups is 4. The van der Waals surface area contributed by atoms with Gasteiger partial charge in [0, 0.05) is 43.1 Å². The van der Waals surface area contributed by atoms with Gasteiger partial charge in [-0.1, -0.05) is 36.4 Å². The van der Waals surface area contributed by atoms with E-state index in [1.54, 1.807) is 30.3 Å². The van der Waals surface area contributed by atoms with E-state index in [9.17, 15) is 46.4 Å². The Morgan fingerprint density at radius 1 is 0.760 bits per heavy atom. The Labute approximate surface area is 288 Å². The van der Waals surface area contributed by atoms with Gasteiger partial charge >= 0.3 is 0 Å². The number of aliphatic hydroxyl groups excluding tert-OH is 4. The highest BCUT2D eigenvalue weighted by atomic mass is 32.2. The van der Waals surface area contributed by atoms with Crippen LogP contribution in [0.15, 0.2) is 71.0 Å². The Balaban J connectivity index is 2.14. The number of nitrogen functional groups attached to an aromatic ring is 1. The molecule has 0 atom stereocenters. The summed E-state index contributed by atoms with van der Waals surface area (Å²) in [6.07, 6.45) is 4.72. The molecule has 0 saturated heterocycles. The second kappa shape index (κ2) is 16.8. The Hall–Kier alpha value is -4.73. The molecule has 0 amide bonds. The van der Waals surface area contributed by atoms with E-state index in [1.165, 1.54) is 46.7 Å². The van der Waals surface area contributed by atoms with Gasteiger partial charge in [0.2, 0.25) is 0 Å². The molecule has 19 heteroatoms. The Kier molecular flexibility index (Phi) is 12.8. The van der Waals surface area contributed by atoms with Gasteiger partial charge in [-0.3, -0.25) is 9.11 Å². The maximum absolute atomic E-state index is 13.2. The predicted octanol–water partition coefficient (Wildman–Crippen LogP) is 1.11. The monoisotopic (exact) mass is 731 g/mol. The number of para-hydroxylation sites is 1. The minimum Gasteiger partial charge on any atom is -0.396 e. The van der Waals surface area contributed by atoms with Gasteiger partial charge in [-0.15, -0.1) is 0 Å². The topological polar surface area (TPSA) is 273 Å². The zero-order valence-corrected chi connectivity index (χ0v) is 28.2. The second-order valence-corrected chi connectivity index (χ2v) is 13.3. The van der Waals surface area contributed by atoms with Crippen LogP contribution in [0.3, 0.4) is 0 Å². The van der Waals surface area contributed by atoms with E-state index < -0.39 is 48.9 Å². The van der Waals surface area contributed by atoms with E-state index in [4.69, 9.17) is 5.73 Å². The maximum atomic E-state index is 13.2. The quantitative estimate of drug-likeness (QED) is 0.0429. The number of nitrogens with two attached hydrogens (primary N) is 1. The van der Waals surface area contributed by atoms with Gasteiger partial charge < -0.3 is 41.3 Å². The van der Waals surface area contributed by atoms with E-state index in [0.717, 1.165) is 6.07 Å². The molecule has 0 bridgehead atoms. The minimum atomic E-state index is -5.18. The zero-order chi connectivity index (χ0) is 36.5. The largest absolute Gasteiger partial charge is 0.396 e.